The third-order valence-electron chi connectivity index (χ3n) is 4.69. The lowest BCUT2D eigenvalue weighted by Crippen LogP contribution is -2.38. The number of anilines is 2. The topological polar surface area (TPSA) is 119 Å². The minimum absolute atomic E-state index is 0.0161. The fraction of sp³-hybridized carbons (Fsp3) is 0.130. The molecular formula is C23H23N3O5S. The fourth-order valence-electron chi connectivity index (χ4n) is 2.98. The highest BCUT2D eigenvalue weighted by molar-refractivity contribution is 7.92. The van der Waals surface area contributed by atoms with Gasteiger partial charge in [-0.15, -0.1) is 0 Å². The predicted octanol–water partition coefficient (Wildman–Crippen LogP) is 2.94. The summed E-state index contributed by atoms with van der Waals surface area (Å²) >= 11 is 0. The van der Waals surface area contributed by atoms with Crippen LogP contribution in [0.15, 0.2) is 77.7 Å². The van der Waals surface area contributed by atoms with Crippen molar-refractivity contribution in [1.29, 1.82) is 0 Å². The normalized spacial score (nSPS) is 10.9. The summed E-state index contributed by atoms with van der Waals surface area (Å²) in [5.74, 6) is -0.702. The Morgan fingerprint density at radius 1 is 1.00 bits per heavy atom. The average molecular weight is 454 g/mol. The summed E-state index contributed by atoms with van der Waals surface area (Å²) in [4.78, 5) is 24.2. The van der Waals surface area contributed by atoms with Crippen LogP contribution in [0.1, 0.15) is 15.9 Å². The van der Waals surface area contributed by atoms with E-state index >= 15 is 0 Å². The number of ether oxygens (including phenoxy) is 1. The van der Waals surface area contributed by atoms with Crippen LogP contribution in [-0.2, 0) is 14.8 Å². The smallest absolute Gasteiger partial charge is 0.264 e. The summed E-state index contributed by atoms with van der Waals surface area (Å²) in [5.41, 5.74) is 7.12. The Balaban J connectivity index is 1.92. The van der Waals surface area contributed by atoms with Crippen molar-refractivity contribution in [1.82, 2.24) is 0 Å². The first-order valence-corrected chi connectivity index (χ1v) is 11.1. The molecule has 0 saturated heterocycles. The summed E-state index contributed by atoms with van der Waals surface area (Å²) in [6.07, 6.45) is 0. The highest BCUT2D eigenvalue weighted by Crippen LogP contribution is 2.25. The molecule has 3 rings (SSSR count). The number of amides is 2. The first-order valence-electron chi connectivity index (χ1n) is 9.64. The Hall–Kier alpha value is -3.85. The number of nitrogens with one attached hydrogen (secondary N) is 1. The van der Waals surface area contributed by atoms with Gasteiger partial charge in [-0.3, -0.25) is 13.9 Å². The van der Waals surface area contributed by atoms with Crippen molar-refractivity contribution in [3.8, 4) is 5.75 Å². The van der Waals surface area contributed by atoms with Gasteiger partial charge in [0, 0.05) is 11.3 Å². The Bertz CT molecular complexity index is 1220. The monoisotopic (exact) mass is 453 g/mol. The number of hydrogen-bond donors (Lipinski definition) is 2. The lowest BCUT2D eigenvalue weighted by Gasteiger charge is -2.24. The van der Waals surface area contributed by atoms with Gasteiger partial charge in [-0.1, -0.05) is 23.8 Å². The van der Waals surface area contributed by atoms with Gasteiger partial charge < -0.3 is 15.8 Å². The van der Waals surface area contributed by atoms with Crippen molar-refractivity contribution in [2.75, 3.05) is 23.3 Å². The van der Waals surface area contributed by atoms with Crippen LogP contribution in [0, 0.1) is 6.92 Å². The molecule has 0 radical (unpaired) electrons. The molecule has 0 spiro atoms. The van der Waals surface area contributed by atoms with E-state index in [0.29, 0.717) is 17.1 Å². The highest BCUT2D eigenvalue weighted by Gasteiger charge is 2.27. The standard InChI is InChI=1S/C23H23N3O5S/c1-16-6-8-19(9-7-16)26(32(29,30)21-12-10-20(31-2)11-13-21)15-22(27)25-18-5-3-4-17(14-18)23(24)28/h3-14H,15H2,1-2H3,(H2,24,28)(H,25,27). The number of methoxy groups -OCH3 is 1. The number of carbonyl (C=O) groups is 2. The molecule has 166 valence electrons. The number of sulfonamides is 1. The molecule has 0 atom stereocenters. The van der Waals surface area contributed by atoms with E-state index in [1.165, 1.54) is 43.5 Å². The maximum Gasteiger partial charge on any atom is 0.264 e. The molecular weight excluding hydrogens is 430 g/mol. The maximum atomic E-state index is 13.4. The molecule has 0 bridgehead atoms. The number of aryl methyl sites for hydroxylation is 1. The largest absolute Gasteiger partial charge is 0.497 e. The zero-order valence-corrected chi connectivity index (χ0v) is 18.4. The molecule has 9 heteroatoms. The minimum atomic E-state index is -4.06. The number of hydrogen-bond acceptors (Lipinski definition) is 5. The van der Waals surface area contributed by atoms with Gasteiger partial charge in [-0.05, 0) is 61.5 Å². The van der Waals surface area contributed by atoms with Crippen LogP contribution in [-0.4, -0.2) is 33.9 Å². The van der Waals surface area contributed by atoms with Crippen molar-refractivity contribution >= 4 is 33.2 Å². The van der Waals surface area contributed by atoms with Gasteiger partial charge in [0.1, 0.15) is 12.3 Å². The van der Waals surface area contributed by atoms with Crippen molar-refractivity contribution in [2.24, 2.45) is 5.73 Å². The van der Waals surface area contributed by atoms with E-state index in [0.717, 1.165) is 9.87 Å². The van der Waals surface area contributed by atoms with E-state index in [2.05, 4.69) is 5.32 Å². The second-order valence-electron chi connectivity index (χ2n) is 7.02. The molecule has 32 heavy (non-hydrogen) atoms. The van der Waals surface area contributed by atoms with E-state index in [4.69, 9.17) is 10.5 Å². The molecule has 0 aliphatic carbocycles. The molecule has 0 unspecified atom stereocenters. The first-order chi connectivity index (χ1) is 15.2. The number of nitrogens with zero attached hydrogens (tertiary/aromatic N) is 1. The summed E-state index contributed by atoms with van der Waals surface area (Å²) in [6.45, 7) is 1.41. The zero-order valence-electron chi connectivity index (χ0n) is 17.6. The van der Waals surface area contributed by atoms with E-state index < -0.39 is 28.4 Å². The average Bonchev–Trinajstić information content (AvgIpc) is 2.78. The fourth-order valence-corrected chi connectivity index (χ4v) is 4.40. The predicted molar refractivity (Wildman–Crippen MR) is 122 cm³/mol. The Kier molecular flexibility index (Phi) is 6.79. The minimum Gasteiger partial charge on any atom is -0.497 e. The number of carbonyl (C=O) groups excluding carboxylic acids is 2. The van der Waals surface area contributed by atoms with Crippen molar-refractivity contribution < 1.29 is 22.7 Å². The highest BCUT2D eigenvalue weighted by atomic mass is 32.2. The molecule has 2 amide bonds. The van der Waals surface area contributed by atoms with Gasteiger partial charge in [0.05, 0.1) is 17.7 Å². The van der Waals surface area contributed by atoms with Crippen LogP contribution in [0.3, 0.4) is 0 Å². The van der Waals surface area contributed by atoms with Gasteiger partial charge in [-0.25, -0.2) is 8.42 Å². The summed E-state index contributed by atoms with van der Waals surface area (Å²) < 4.78 is 32.9. The van der Waals surface area contributed by atoms with Crippen LogP contribution in [0.2, 0.25) is 0 Å². The molecule has 3 aromatic rings. The second-order valence-corrected chi connectivity index (χ2v) is 8.88. The van der Waals surface area contributed by atoms with Crippen LogP contribution in [0.5, 0.6) is 5.75 Å². The van der Waals surface area contributed by atoms with Gasteiger partial charge in [0.2, 0.25) is 11.8 Å². The number of nitrogens with two attached hydrogens (primary N) is 1. The molecule has 3 aromatic carbocycles. The number of rotatable bonds is 8. The summed E-state index contributed by atoms with van der Waals surface area (Å²) in [6, 6.07) is 18.8. The summed E-state index contributed by atoms with van der Waals surface area (Å²) in [5, 5.41) is 2.62. The van der Waals surface area contributed by atoms with Crippen LogP contribution in [0.4, 0.5) is 11.4 Å². The molecule has 8 nitrogen and oxygen atoms in total. The molecule has 3 N–H and O–H groups in total. The van der Waals surface area contributed by atoms with Crippen molar-refractivity contribution in [3.05, 3.63) is 83.9 Å². The Labute approximate surface area is 186 Å². The van der Waals surface area contributed by atoms with Gasteiger partial charge >= 0.3 is 0 Å². The zero-order chi connectivity index (χ0) is 23.3. The molecule has 0 aliphatic heterocycles. The van der Waals surface area contributed by atoms with E-state index in [9.17, 15) is 18.0 Å². The van der Waals surface area contributed by atoms with E-state index in [1.807, 2.05) is 6.92 Å². The third-order valence-corrected chi connectivity index (χ3v) is 6.48. The van der Waals surface area contributed by atoms with Gasteiger partial charge in [-0.2, -0.15) is 0 Å². The SMILES string of the molecule is COc1ccc(S(=O)(=O)N(CC(=O)Nc2cccc(C(N)=O)c2)c2ccc(C)cc2)cc1. The van der Waals surface area contributed by atoms with Crippen molar-refractivity contribution in [3.63, 3.8) is 0 Å². The van der Waals surface area contributed by atoms with Crippen LogP contribution >= 0.6 is 0 Å². The van der Waals surface area contributed by atoms with E-state index in [-0.39, 0.29) is 10.5 Å². The Morgan fingerprint density at radius 3 is 2.25 bits per heavy atom. The van der Waals surface area contributed by atoms with Gasteiger partial charge in [0.25, 0.3) is 10.0 Å². The first kappa shape index (κ1) is 22.8. The third kappa shape index (κ3) is 5.25. The van der Waals surface area contributed by atoms with Gasteiger partial charge in [0.15, 0.2) is 0 Å². The lowest BCUT2D eigenvalue weighted by atomic mass is 10.2. The lowest BCUT2D eigenvalue weighted by molar-refractivity contribution is -0.114. The van der Waals surface area contributed by atoms with Crippen LogP contribution in [0.25, 0.3) is 0 Å². The summed E-state index contributed by atoms with van der Waals surface area (Å²) in [7, 11) is -2.57. The molecule has 0 aromatic heterocycles. The molecule has 0 heterocycles. The molecule has 0 saturated carbocycles. The molecule has 0 fully saturated rings. The second kappa shape index (κ2) is 9.52. The van der Waals surface area contributed by atoms with E-state index in [1.54, 1.807) is 36.4 Å². The Morgan fingerprint density at radius 2 is 1.66 bits per heavy atom. The molecule has 0 aliphatic rings. The number of primary amides is 1. The quantitative estimate of drug-likeness (QED) is 0.544. The number of benzene rings is 3. The van der Waals surface area contributed by atoms with Crippen molar-refractivity contribution in [2.45, 2.75) is 11.8 Å². The maximum absolute atomic E-state index is 13.4. The van der Waals surface area contributed by atoms with Crippen LogP contribution < -0.4 is 20.1 Å².